The van der Waals surface area contributed by atoms with Crippen LogP contribution in [0.3, 0.4) is 0 Å². The molecule has 0 atom stereocenters. The minimum Gasteiger partial charge on any atom is -0.485 e. The summed E-state index contributed by atoms with van der Waals surface area (Å²) < 4.78 is 34.3. The molecule has 1 rings (SSSR count). The number of hydrogen-bond donors (Lipinski definition) is 1. The maximum absolute atomic E-state index is 12.9. The zero-order chi connectivity index (χ0) is 10.6. The molecule has 0 saturated carbocycles. The van der Waals surface area contributed by atoms with E-state index in [0.717, 1.165) is 6.07 Å². The fourth-order valence-electron chi connectivity index (χ4n) is 0.867. The molecule has 14 heavy (non-hydrogen) atoms. The molecule has 6 heteroatoms. The van der Waals surface area contributed by atoms with Crippen molar-refractivity contribution in [2.75, 3.05) is 26.1 Å². The van der Waals surface area contributed by atoms with Crippen LogP contribution in [0.25, 0.3) is 0 Å². The molecule has 0 saturated heterocycles. The maximum atomic E-state index is 12.9. The Balaban J connectivity index is 2.95. The van der Waals surface area contributed by atoms with Crippen molar-refractivity contribution < 1.29 is 18.3 Å². The van der Waals surface area contributed by atoms with Crippen LogP contribution in [0.4, 0.5) is 14.6 Å². The third kappa shape index (κ3) is 2.21. The molecule has 0 aliphatic heterocycles. The Morgan fingerprint density at radius 2 is 2.29 bits per heavy atom. The van der Waals surface area contributed by atoms with Crippen molar-refractivity contribution in [3.05, 3.63) is 11.9 Å². The zero-order valence-electron chi connectivity index (χ0n) is 7.59. The van der Waals surface area contributed by atoms with E-state index in [1.807, 2.05) is 0 Å². The average Bonchev–Trinajstić information content (AvgIpc) is 2.19. The first-order valence-electron chi connectivity index (χ1n) is 3.87. The lowest BCUT2D eigenvalue weighted by atomic mass is 10.4. The number of anilines is 1. The Labute approximate surface area is 79.6 Å². The lowest BCUT2D eigenvalue weighted by Gasteiger charge is -2.08. The minimum absolute atomic E-state index is 0.0388. The Bertz CT molecular complexity index is 320. The largest absolute Gasteiger partial charge is 0.485 e. The predicted molar refractivity (Wildman–Crippen MR) is 46.6 cm³/mol. The molecular formula is C8H10F2N2O2. The number of aromatic nitrogens is 1. The first-order valence-corrected chi connectivity index (χ1v) is 3.87. The standard InChI is InChI=1S/C8H10F2N2O2/c1-13-8-6(14-3-2-9)4-5(10)7(11)12-8/h4H,2-3H2,1H3,(H2,11,12). The van der Waals surface area contributed by atoms with Crippen molar-refractivity contribution >= 4 is 5.82 Å². The number of hydrogen-bond acceptors (Lipinski definition) is 4. The van der Waals surface area contributed by atoms with Gasteiger partial charge in [0.25, 0.3) is 5.88 Å². The smallest absolute Gasteiger partial charge is 0.258 e. The van der Waals surface area contributed by atoms with Gasteiger partial charge in [-0.1, -0.05) is 0 Å². The number of rotatable bonds is 4. The summed E-state index contributed by atoms with van der Waals surface area (Å²) in [6, 6.07) is 1.01. The van der Waals surface area contributed by atoms with Crippen molar-refractivity contribution in [1.29, 1.82) is 0 Å². The molecule has 0 aliphatic rings. The molecule has 0 amide bonds. The van der Waals surface area contributed by atoms with Crippen molar-refractivity contribution in [2.24, 2.45) is 0 Å². The Morgan fingerprint density at radius 1 is 1.57 bits per heavy atom. The van der Waals surface area contributed by atoms with Crippen molar-refractivity contribution in [1.82, 2.24) is 4.98 Å². The fourth-order valence-corrected chi connectivity index (χ4v) is 0.867. The number of halogens is 2. The molecular weight excluding hydrogens is 194 g/mol. The van der Waals surface area contributed by atoms with Crippen LogP contribution in [0.5, 0.6) is 11.6 Å². The second kappa shape index (κ2) is 4.59. The highest BCUT2D eigenvalue weighted by atomic mass is 19.1. The van der Waals surface area contributed by atoms with E-state index in [0.29, 0.717) is 0 Å². The molecule has 0 radical (unpaired) electrons. The van der Waals surface area contributed by atoms with E-state index in [1.54, 1.807) is 0 Å². The quantitative estimate of drug-likeness (QED) is 0.799. The van der Waals surface area contributed by atoms with Crippen LogP contribution in [0.1, 0.15) is 0 Å². The number of nitrogens with zero attached hydrogens (tertiary/aromatic N) is 1. The van der Waals surface area contributed by atoms with Crippen molar-refractivity contribution in [3.8, 4) is 11.6 Å². The van der Waals surface area contributed by atoms with Crippen LogP contribution >= 0.6 is 0 Å². The monoisotopic (exact) mass is 204 g/mol. The van der Waals surface area contributed by atoms with Crippen LogP contribution in [-0.2, 0) is 0 Å². The van der Waals surface area contributed by atoms with E-state index >= 15 is 0 Å². The maximum Gasteiger partial charge on any atom is 0.258 e. The van der Waals surface area contributed by atoms with Crippen LogP contribution in [-0.4, -0.2) is 25.4 Å². The number of methoxy groups -OCH3 is 1. The summed E-state index contributed by atoms with van der Waals surface area (Å²) in [5, 5.41) is 0. The number of pyridine rings is 1. The molecule has 1 heterocycles. The predicted octanol–water partition coefficient (Wildman–Crippen LogP) is 1.16. The van der Waals surface area contributed by atoms with Gasteiger partial charge in [0.05, 0.1) is 7.11 Å². The zero-order valence-corrected chi connectivity index (χ0v) is 7.59. The summed E-state index contributed by atoms with van der Waals surface area (Å²) >= 11 is 0. The molecule has 0 unspecified atom stereocenters. The van der Waals surface area contributed by atoms with Gasteiger partial charge < -0.3 is 15.2 Å². The summed E-state index contributed by atoms with van der Waals surface area (Å²) in [5.74, 6) is -0.927. The Kier molecular flexibility index (Phi) is 3.44. The molecule has 0 bridgehead atoms. The number of ether oxygens (including phenoxy) is 2. The van der Waals surface area contributed by atoms with Gasteiger partial charge in [-0.2, -0.15) is 4.98 Å². The number of nitrogens with two attached hydrogens (primary N) is 1. The highest BCUT2D eigenvalue weighted by Crippen LogP contribution is 2.27. The molecule has 1 aromatic heterocycles. The highest BCUT2D eigenvalue weighted by Gasteiger charge is 2.11. The number of alkyl halides is 1. The Hall–Kier alpha value is -1.59. The van der Waals surface area contributed by atoms with E-state index in [-0.39, 0.29) is 24.1 Å². The molecule has 78 valence electrons. The average molecular weight is 204 g/mol. The molecule has 2 N–H and O–H groups in total. The van der Waals surface area contributed by atoms with Gasteiger partial charge in [-0.25, -0.2) is 8.78 Å². The third-order valence-electron chi connectivity index (χ3n) is 1.46. The van der Waals surface area contributed by atoms with Gasteiger partial charge in [-0.05, 0) is 0 Å². The number of nitrogen functional groups attached to an aromatic ring is 1. The van der Waals surface area contributed by atoms with Crippen LogP contribution in [0.15, 0.2) is 6.07 Å². The van der Waals surface area contributed by atoms with Crippen LogP contribution in [0.2, 0.25) is 0 Å². The van der Waals surface area contributed by atoms with Gasteiger partial charge >= 0.3 is 0 Å². The van der Waals surface area contributed by atoms with E-state index in [2.05, 4.69) is 4.98 Å². The fraction of sp³-hybridized carbons (Fsp3) is 0.375. The molecule has 0 aromatic carbocycles. The van der Waals surface area contributed by atoms with Crippen LogP contribution in [0, 0.1) is 5.82 Å². The Morgan fingerprint density at radius 3 is 2.86 bits per heavy atom. The molecule has 4 nitrogen and oxygen atoms in total. The summed E-state index contributed by atoms with van der Waals surface area (Å²) in [6.07, 6.45) is 0. The molecule has 0 spiro atoms. The third-order valence-corrected chi connectivity index (χ3v) is 1.46. The minimum atomic E-state index is -0.723. The van der Waals surface area contributed by atoms with E-state index in [1.165, 1.54) is 7.11 Å². The van der Waals surface area contributed by atoms with Gasteiger partial charge in [0.2, 0.25) is 0 Å². The summed E-state index contributed by atoms with van der Waals surface area (Å²) in [5.41, 5.74) is 5.20. The lowest BCUT2D eigenvalue weighted by molar-refractivity contribution is 0.255. The van der Waals surface area contributed by atoms with Crippen molar-refractivity contribution in [2.45, 2.75) is 0 Å². The van der Waals surface area contributed by atoms with Crippen LogP contribution < -0.4 is 15.2 Å². The molecule has 0 fully saturated rings. The van der Waals surface area contributed by atoms with Gasteiger partial charge in [0, 0.05) is 6.07 Å². The second-order valence-electron chi connectivity index (χ2n) is 2.40. The summed E-state index contributed by atoms with van der Waals surface area (Å²) in [7, 11) is 1.34. The van der Waals surface area contributed by atoms with Gasteiger partial charge in [-0.3, -0.25) is 0 Å². The normalized spacial score (nSPS) is 9.93. The lowest BCUT2D eigenvalue weighted by Crippen LogP contribution is -2.04. The summed E-state index contributed by atoms with van der Waals surface area (Å²) in [6.45, 7) is -0.851. The van der Waals surface area contributed by atoms with Gasteiger partial charge in [-0.15, -0.1) is 0 Å². The topological polar surface area (TPSA) is 57.4 Å². The second-order valence-corrected chi connectivity index (χ2v) is 2.40. The highest BCUT2D eigenvalue weighted by molar-refractivity contribution is 5.43. The van der Waals surface area contributed by atoms with Crippen molar-refractivity contribution in [3.63, 3.8) is 0 Å². The van der Waals surface area contributed by atoms with E-state index in [4.69, 9.17) is 15.2 Å². The van der Waals surface area contributed by atoms with E-state index < -0.39 is 12.5 Å². The summed E-state index contributed by atoms with van der Waals surface area (Å²) in [4.78, 5) is 3.58. The first kappa shape index (κ1) is 10.5. The van der Waals surface area contributed by atoms with Gasteiger partial charge in [0.15, 0.2) is 17.4 Å². The molecule has 1 aromatic rings. The molecule has 0 aliphatic carbocycles. The first-order chi connectivity index (χ1) is 6.69. The SMILES string of the molecule is COc1nc(N)c(F)cc1OCCF. The van der Waals surface area contributed by atoms with Gasteiger partial charge in [0.1, 0.15) is 13.3 Å². The van der Waals surface area contributed by atoms with E-state index in [9.17, 15) is 8.78 Å².